The number of nitrogens with one attached hydrogen (secondary N) is 1. The van der Waals surface area contributed by atoms with E-state index in [1.807, 2.05) is 0 Å². The maximum absolute atomic E-state index is 10.7. The maximum atomic E-state index is 10.7. The van der Waals surface area contributed by atoms with Gasteiger partial charge in [0, 0.05) is 13.1 Å². The van der Waals surface area contributed by atoms with E-state index in [2.05, 4.69) is 5.32 Å². The molecule has 0 atom stereocenters. The fraction of sp³-hybridized carbons (Fsp3) is 0.125. The average molecular weight is 151 g/mol. The van der Waals surface area contributed by atoms with Gasteiger partial charge in [-0.1, -0.05) is 0 Å². The topological polar surface area (TPSA) is 42.2 Å². The third kappa shape index (κ3) is 2.29. The lowest BCUT2D eigenvalue weighted by Gasteiger charge is -1.87. The Morgan fingerprint density at radius 2 is 2.55 bits per heavy atom. The van der Waals surface area contributed by atoms with Gasteiger partial charge in [0.15, 0.2) is 0 Å². The summed E-state index contributed by atoms with van der Waals surface area (Å²) in [4.78, 5) is 10.7. The van der Waals surface area contributed by atoms with Gasteiger partial charge >= 0.3 is 0 Å². The molecule has 0 bridgehead atoms. The first-order valence-electron chi connectivity index (χ1n) is 3.26. The molecule has 0 spiro atoms. The summed E-state index contributed by atoms with van der Waals surface area (Å²) in [6, 6.07) is 3.54. The molecule has 0 fully saturated rings. The Morgan fingerprint density at radius 1 is 1.73 bits per heavy atom. The molecule has 1 aromatic rings. The number of hydrogen-bond acceptors (Lipinski definition) is 2. The van der Waals surface area contributed by atoms with E-state index in [1.54, 1.807) is 31.5 Å². The van der Waals surface area contributed by atoms with Gasteiger partial charge in [0.2, 0.25) is 5.91 Å². The Bertz CT molecular complexity index is 249. The number of carbonyl (C=O) groups is 1. The van der Waals surface area contributed by atoms with Crippen molar-refractivity contribution in [3.63, 3.8) is 0 Å². The lowest BCUT2D eigenvalue weighted by atomic mass is 10.4. The van der Waals surface area contributed by atoms with Crippen LogP contribution in [0.5, 0.6) is 0 Å². The van der Waals surface area contributed by atoms with Crippen molar-refractivity contribution in [3.05, 3.63) is 30.2 Å². The fourth-order valence-electron chi connectivity index (χ4n) is 0.627. The first-order chi connectivity index (χ1) is 5.33. The molecule has 0 aliphatic heterocycles. The molecule has 58 valence electrons. The highest BCUT2D eigenvalue weighted by Crippen LogP contribution is 2.01. The largest absolute Gasteiger partial charge is 0.465 e. The highest BCUT2D eigenvalue weighted by atomic mass is 16.3. The summed E-state index contributed by atoms with van der Waals surface area (Å²) in [6.45, 7) is 0. The maximum Gasteiger partial charge on any atom is 0.243 e. The normalized spacial score (nSPS) is 10.3. The van der Waals surface area contributed by atoms with Gasteiger partial charge in [0.05, 0.1) is 6.26 Å². The zero-order chi connectivity index (χ0) is 8.10. The molecule has 11 heavy (non-hydrogen) atoms. The number of likely N-dealkylation sites (N-methyl/N-ethyl adjacent to an activating group) is 1. The minimum absolute atomic E-state index is 0.138. The smallest absolute Gasteiger partial charge is 0.243 e. The second kappa shape index (κ2) is 3.61. The predicted molar refractivity (Wildman–Crippen MR) is 41.8 cm³/mol. The van der Waals surface area contributed by atoms with Gasteiger partial charge in [0.1, 0.15) is 5.76 Å². The van der Waals surface area contributed by atoms with Gasteiger partial charge in [-0.05, 0) is 18.2 Å². The van der Waals surface area contributed by atoms with Crippen molar-refractivity contribution >= 4 is 12.0 Å². The Morgan fingerprint density at radius 3 is 3.09 bits per heavy atom. The Hall–Kier alpha value is -1.51. The molecule has 1 amide bonds. The third-order valence-electron chi connectivity index (χ3n) is 1.19. The van der Waals surface area contributed by atoms with Crippen LogP contribution in [0.4, 0.5) is 0 Å². The van der Waals surface area contributed by atoms with Crippen molar-refractivity contribution in [1.29, 1.82) is 0 Å². The monoisotopic (exact) mass is 151 g/mol. The minimum Gasteiger partial charge on any atom is -0.465 e. The van der Waals surface area contributed by atoms with Crippen LogP contribution in [0, 0.1) is 0 Å². The zero-order valence-electron chi connectivity index (χ0n) is 6.20. The number of hydrogen-bond donors (Lipinski definition) is 1. The van der Waals surface area contributed by atoms with Crippen LogP contribution in [0.15, 0.2) is 28.9 Å². The second-order valence-corrected chi connectivity index (χ2v) is 1.96. The van der Waals surface area contributed by atoms with E-state index in [0.717, 1.165) is 0 Å². The van der Waals surface area contributed by atoms with E-state index in [-0.39, 0.29) is 5.91 Å². The van der Waals surface area contributed by atoms with Crippen LogP contribution < -0.4 is 5.32 Å². The molecule has 3 nitrogen and oxygen atoms in total. The summed E-state index contributed by atoms with van der Waals surface area (Å²) in [5, 5.41) is 2.46. The van der Waals surface area contributed by atoms with Crippen molar-refractivity contribution in [3.8, 4) is 0 Å². The van der Waals surface area contributed by atoms with Crippen molar-refractivity contribution < 1.29 is 9.21 Å². The van der Waals surface area contributed by atoms with Crippen molar-refractivity contribution in [2.45, 2.75) is 0 Å². The molecule has 0 aromatic carbocycles. The van der Waals surface area contributed by atoms with Crippen LogP contribution in [0.3, 0.4) is 0 Å². The van der Waals surface area contributed by atoms with Gasteiger partial charge in [0.25, 0.3) is 0 Å². The van der Waals surface area contributed by atoms with Gasteiger partial charge < -0.3 is 9.73 Å². The SMILES string of the molecule is CNC(=O)/C=C/c1ccco1. The molecule has 1 aromatic heterocycles. The first-order valence-corrected chi connectivity index (χ1v) is 3.26. The summed E-state index contributed by atoms with van der Waals surface area (Å²) in [7, 11) is 1.58. The van der Waals surface area contributed by atoms with Crippen molar-refractivity contribution in [2.75, 3.05) is 7.05 Å². The minimum atomic E-state index is -0.138. The quantitative estimate of drug-likeness (QED) is 0.641. The van der Waals surface area contributed by atoms with E-state index in [9.17, 15) is 4.79 Å². The summed E-state index contributed by atoms with van der Waals surface area (Å²) < 4.78 is 4.96. The molecule has 3 heteroatoms. The van der Waals surface area contributed by atoms with Crippen LogP contribution in [-0.2, 0) is 4.79 Å². The zero-order valence-corrected chi connectivity index (χ0v) is 6.20. The molecular weight excluding hydrogens is 142 g/mol. The molecule has 1 heterocycles. The van der Waals surface area contributed by atoms with Gasteiger partial charge in [-0.25, -0.2) is 0 Å². The van der Waals surface area contributed by atoms with Crippen molar-refractivity contribution in [2.24, 2.45) is 0 Å². The fourth-order valence-corrected chi connectivity index (χ4v) is 0.627. The molecule has 1 rings (SSSR count). The molecular formula is C8H9NO2. The molecule has 0 saturated heterocycles. The van der Waals surface area contributed by atoms with E-state index in [4.69, 9.17) is 4.42 Å². The molecule has 0 aliphatic rings. The summed E-state index contributed by atoms with van der Waals surface area (Å²) in [5.41, 5.74) is 0. The summed E-state index contributed by atoms with van der Waals surface area (Å²) in [6.07, 6.45) is 4.58. The summed E-state index contributed by atoms with van der Waals surface area (Å²) in [5.74, 6) is 0.537. The number of rotatable bonds is 2. The summed E-state index contributed by atoms with van der Waals surface area (Å²) >= 11 is 0. The average Bonchev–Trinajstić information content (AvgIpc) is 2.52. The predicted octanol–water partition coefficient (Wildman–Crippen LogP) is 1.04. The van der Waals surface area contributed by atoms with Gasteiger partial charge in [-0.2, -0.15) is 0 Å². The van der Waals surface area contributed by atoms with Crippen LogP contribution in [0.2, 0.25) is 0 Å². The second-order valence-electron chi connectivity index (χ2n) is 1.96. The Balaban J connectivity index is 2.55. The number of amides is 1. The Kier molecular flexibility index (Phi) is 2.49. The van der Waals surface area contributed by atoms with E-state index in [0.29, 0.717) is 5.76 Å². The Labute approximate surface area is 64.7 Å². The molecule has 0 aliphatic carbocycles. The lowest BCUT2D eigenvalue weighted by molar-refractivity contribution is -0.115. The van der Waals surface area contributed by atoms with E-state index < -0.39 is 0 Å². The van der Waals surface area contributed by atoms with Crippen LogP contribution in [0.1, 0.15) is 5.76 Å². The molecule has 0 unspecified atom stereocenters. The lowest BCUT2D eigenvalue weighted by Crippen LogP contribution is -2.13. The highest BCUT2D eigenvalue weighted by Gasteiger charge is 1.90. The first kappa shape index (κ1) is 7.60. The highest BCUT2D eigenvalue weighted by molar-refractivity contribution is 5.91. The molecule has 1 N–H and O–H groups in total. The van der Waals surface area contributed by atoms with Gasteiger partial charge in [-0.3, -0.25) is 4.79 Å². The van der Waals surface area contributed by atoms with E-state index >= 15 is 0 Å². The van der Waals surface area contributed by atoms with Gasteiger partial charge in [-0.15, -0.1) is 0 Å². The van der Waals surface area contributed by atoms with Crippen LogP contribution >= 0.6 is 0 Å². The van der Waals surface area contributed by atoms with E-state index in [1.165, 1.54) is 6.08 Å². The van der Waals surface area contributed by atoms with Crippen LogP contribution in [0.25, 0.3) is 6.08 Å². The number of carbonyl (C=O) groups excluding carboxylic acids is 1. The molecule has 0 saturated carbocycles. The number of furan rings is 1. The van der Waals surface area contributed by atoms with Crippen molar-refractivity contribution in [1.82, 2.24) is 5.32 Å². The standard InChI is InChI=1S/C8H9NO2/c1-9-8(10)5-4-7-3-2-6-11-7/h2-6H,1H3,(H,9,10)/b5-4+. The third-order valence-corrected chi connectivity index (χ3v) is 1.19. The van der Waals surface area contributed by atoms with Crippen LogP contribution in [-0.4, -0.2) is 13.0 Å². The molecule has 0 radical (unpaired) electrons.